The zero-order valence-electron chi connectivity index (χ0n) is 12.7. The molecule has 3 aromatic rings. The largest absolute Gasteiger partial charge is 0.364 e. The van der Waals surface area contributed by atoms with E-state index >= 15 is 0 Å². The third-order valence-electron chi connectivity index (χ3n) is 3.54. The van der Waals surface area contributed by atoms with Gasteiger partial charge in [-0.3, -0.25) is 9.59 Å². The number of nitrogens with two attached hydrogens (primary N) is 1. The standard InChI is InChI=1S/C16H14FN5O2/c1-9-11(8-20-22(9)14-5-3-2-4-12(14)17)16(24)21-10-6-13(15(18)23)19-7-10/h2-8,19H,1H3,(H2,18,23)(H,21,24). The lowest BCUT2D eigenvalue weighted by molar-refractivity contribution is 0.0993. The van der Waals surface area contributed by atoms with E-state index < -0.39 is 17.6 Å². The van der Waals surface area contributed by atoms with Crippen LogP contribution >= 0.6 is 0 Å². The number of primary amides is 1. The zero-order chi connectivity index (χ0) is 17.3. The molecule has 3 rings (SSSR count). The Kier molecular flexibility index (Phi) is 3.87. The molecule has 24 heavy (non-hydrogen) atoms. The number of hydrogen-bond acceptors (Lipinski definition) is 3. The summed E-state index contributed by atoms with van der Waals surface area (Å²) in [5.74, 6) is -1.49. The number of rotatable bonds is 4. The zero-order valence-corrected chi connectivity index (χ0v) is 12.7. The van der Waals surface area contributed by atoms with Gasteiger partial charge in [0.15, 0.2) is 0 Å². The second-order valence-electron chi connectivity index (χ2n) is 5.13. The van der Waals surface area contributed by atoms with Gasteiger partial charge in [0.2, 0.25) is 0 Å². The molecule has 0 saturated carbocycles. The van der Waals surface area contributed by atoms with Crippen LogP contribution in [0.2, 0.25) is 0 Å². The minimum Gasteiger partial charge on any atom is -0.364 e. The first kappa shape index (κ1) is 15.5. The molecule has 2 heterocycles. The van der Waals surface area contributed by atoms with Crippen LogP contribution in [0.4, 0.5) is 10.1 Å². The minimum atomic E-state index is -0.626. The van der Waals surface area contributed by atoms with E-state index in [-0.39, 0.29) is 11.4 Å². The van der Waals surface area contributed by atoms with E-state index in [1.807, 2.05) is 0 Å². The Morgan fingerprint density at radius 2 is 2.08 bits per heavy atom. The highest BCUT2D eigenvalue weighted by Gasteiger charge is 2.17. The summed E-state index contributed by atoms with van der Waals surface area (Å²) >= 11 is 0. The number of carbonyl (C=O) groups is 2. The summed E-state index contributed by atoms with van der Waals surface area (Å²) in [5, 5.41) is 6.71. The number of nitrogens with one attached hydrogen (secondary N) is 2. The summed E-state index contributed by atoms with van der Waals surface area (Å²) < 4.78 is 15.2. The van der Waals surface area contributed by atoms with Gasteiger partial charge >= 0.3 is 0 Å². The number of halogens is 1. The minimum absolute atomic E-state index is 0.184. The topological polar surface area (TPSA) is 106 Å². The number of nitrogens with zero attached hydrogens (tertiary/aromatic N) is 2. The van der Waals surface area contributed by atoms with Gasteiger partial charge in [0.05, 0.1) is 23.1 Å². The first-order valence-electron chi connectivity index (χ1n) is 7.06. The Balaban J connectivity index is 1.86. The Hall–Kier alpha value is -3.42. The van der Waals surface area contributed by atoms with Crippen LogP contribution < -0.4 is 11.1 Å². The van der Waals surface area contributed by atoms with E-state index in [9.17, 15) is 14.0 Å². The summed E-state index contributed by atoms with van der Waals surface area (Å²) in [6, 6.07) is 7.58. The average molecular weight is 327 g/mol. The molecule has 0 aliphatic heterocycles. The molecule has 7 nitrogen and oxygen atoms in total. The highest BCUT2D eigenvalue weighted by Crippen LogP contribution is 2.18. The van der Waals surface area contributed by atoms with Crippen LogP contribution in [0.1, 0.15) is 26.5 Å². The molecule has 122 valence electrons. The van der Waals surface area contributed by atoms with Crippen molar-refractivity contribution in [1.29, 1.82) is 0 Å². The second kappa shape index (κ2) is 5.99. The van der Waals surface area contributed by atoms with Crippen LogP contribution in [0.5, 0.6) is 0 Å². The van der Waals surface area contributed by atoms with E-state index in [0.717, 1.165) is 0 Å². The molecule has 4 N–H and O–H groups in total. The SMILES string of the molecule is Cc1c(C(=O)Nc2c[nH]c(C(N)=O)c2)cnn1-c1ccccc1F. The summed E-state index contributed by atoms with van der Waals surface area (Å²) in [7, 11) is 0. The maximum absolute atomic E-state index is 13.9. The summed E-state index contributed by atoms with van der Waals surface area (Å²) in [4.78, 5) is 26.1. The molecular weight excluding hydrogens is 313 g/mol. The van der Waals surface area contributed by atoms with Crippen molar-refractivity contribution < 1.29 is 14.0 Å². The van der Waals surface area contributed by atoms with Crippen LogP contribution in [-0.2, 0) is 0 Å². The second-order valence-corrected chi connectivity index (χ2v) is 5.13. The van der Waals surface area contributed by atoms with Crippen LogP contribution in [0.3, 0.4) is 0 Å². The van der Waals surface area contributed by atoms with Crippen LogP contribution in [0, 0.1) is 12.7 Å². The molecule has 0 fully saturated rings. The molecule has 0 radical (unpaired) electrons. The Labute approximate surface area is 136 Å². The van der Waals surface area contributed by atoms with E-state index in [1.54, 1.807) is 25.1 Å². The van der Waals surface area contributed by atoms with Gasteiger partial charge in [-0.15, -0.1) is 0 Å². The van der Waals surface area contributed by atoms with E-state index in [0.29, 0.717) is 16.9 Å². The van der Waals surface area contributed by atoms with Crippen molar-refractivity contribution in [3.8, 4) is 5.69 Å². The molecule has 0 saturated heterocycles. The monoisotopic (exact) mass is 327 g/mol. The number of aromatic amines is 1. The summed E-state index contributed by atoms with van der Waals surface area (Å²) in [6.45, 7) is 1.67. The maximum atomic E-state index is 13.9. The van der Waals surface area contributed by atoms with Gasteiger partial charge in [-0.2, -0.15) is 5.10 Å². The van der Waals surface area contributed by atoms with Gasteiger partial charge in [0, 0.05) is 6.20 Å². The molecular formula is C16H14FN5O2. The molecule has 0 bridgehead atoms. The van der Waals surface area contributed by atoms with E-state index in [2.05, 4.69) is 15.4 Å². The normalized spacial score (nSPS) is 10.6. The number of anilines is 1. The maximum Gasteiger partial charge on any atom is 0.265 e. The highest BCUT2D eigenvalue weighted by molar-refractivity contribution is 6.05. The van der Waals surface area contributed by atoms with Crippen molar-refractivity contribution in [3.63, 3.8) is 0 Å². The molecule has 0 aliphatic carbocycles. The third kappa shape index (κ3) is 2.76. The molecule has 0 atom stereocenters. The quantitative estimate of drug-likeness (QED) is 0.682. The summed E-state index contributed by atoms with van der Waals surface area (Å²) in [5.41, 5.74) is 6.76. The van der Waals surface area contributed by atoms with Crippen molar-refractivity contribution in [3.05, 3.63) is 65.5 Å². The highest BCUT2D eigenvalue weighted by atomic mass is 19.1. The molecule has 1 aromatic carbocycles. The number of benzene rings is 1. The fraction of sp³-hybridized carbons (Fsp3) is 0.0625. The lowest BCUT2D eigenvalue weighted by atomic mass is 10.2. The fourth-order valence-electron chi connectivity index (χ4n) is 2.31. The van der Waals surface area contributed by atoms with E-state index in [4.69, 9.17) is 5.73 Å². The van der Waals surface area contributed by atoms with Crippen molar-refractivity contribution in [2.45, 2.75) is 6.92 Å². The first-order chi connectivity index (χ1) is 11.5. The number of hydrogen-bond donors (Lipinski definition) is 3. The predicted octanol–water partition coefficient (Wildman–Crippen LogP) is 2.00. The Morgan fingerprint density at radius 3 is 2.75 bits per heavy atom. The molecule has 2 aromatic heterocycles. The molecule has 8 heteroatoms. The Morgan fingerprint density at radius 1 is 1.33 bits per heavy atom. The number of aromatic nitrogens is 3. The number of para-hydroxylation sites is 1. The van der Waals surface area contributed by atoms with Crippen molar-refractivity contribution >= 4 is 17.5 Å². The number of H-pyrrole nitrogens is 1. The van der Waals surface area contributed by atoms with E-state index in [1.165, 1.54) is 29.2 Å². The number of carbonyl (C=O) groups excluding carboxylic acids is 2. The molecule has 0 unspecified atom stereocenters. The van der Waals surface area contributed by atoms with Crippen LogP contribution in [0.15, 0.2) is 42.7 Å². The summed E-state index contributed by atoms with van der Waals surface area (Å²) in [6.07, 6.45) is 2.81. The lowest BCUT2D eigenvalue weighted by Gasteiger charge is -2.06. The third-order valence-corrected chi connectivity index (χ3v) is 3.54. The van der Waals surface area contributed by atoms with Crippen molar-refractivity contribution in [2.24, 2.45) is 5.73 Å². The molecule has 0 spiro atoms. The lowest BCUT2D eigenvalue weighted by Crippen LogP contribution is -2.13. The van der Waals surface area contributed by atoms with Crippen molar-refractivity contribution in [2.75, 3.05) is 5.32 Å². The molecule has 0 aliphatic rings. The average Bonchev–Trinajstić information content (AvgIpc) is 3.15. The van der Waals surface area contributed by atoms with Crippen LogP contribution in [0.25, 0.3) is 5.69 Å². The first-order valence-corrected chi connectivity index (χ1v) is 7.06. The number of amides is 2. The van der Waals surface area contributed by atoms with Gasteiger partial charge in [-0.25, -0.2) is 9.07 Å². The van der Waals surface area contributed by atoms with Gasteiger partial charge in [-0.05, 0) is 25.1 Å². The van der Waals surface area contributed by atoms with Crippen molar-refractivity contribution in [1.82, 2.24) is 14.8 Å². The van der Waals surface area contributed by atoms with Gasteiger partial charge in [0.25, 0.3) is 11.8 Å². The molecule has 2 amide bonds. The van der Waals surface area contributed by atoms with Gasteiger partial charge in [0.1, 0.15) is 17.2 Å². The Bertz CT molecular complexity index is 928. The van der Waals surface area contributed by atoms with Gasteiger partial charge in [-0.1, -0.05) is 12.1 Å². The van der Waals surface area contributed by atoms with Crippen LogP contribution in [-0.4, -0.2) is 26.6 Å². The van der Waals surface area contributed by atoms with Gasteiger partial charge < -0.3 is 16.0 Å². The predicted molar refractivity (Wildman–Crippen MR) is 85.5 cm³/mol. The smallest absolute Gasteiger partial charge is 0.265 e. The fourth-order valence-corrected chi connectivity index (χ4v) is 2.31.